The lowest BCUT2D eigenvalue weighted by molar-refractivity contribution is -0.137. The maximum atomic E-state index is 13.1. The molecule has 0 radical (unpaired) electrons. The molecule has 3 heterocycles. The van der Waals surface area contributed by atoms with Crippen LogP contribution in [0, 0.1) is 0 Å². The number of pyridine rings is 2. The van der Waals surface area contributed by atoms with Crippen LogP contribution in [0.2, 0.25) is 0 Å². The van der Waals surface area contributed by atoms with Gasteiger partial charge >= 0.3 is 11.9 Å². The second kappa shape index (κ2) is 8.69. The lowest BCUT2D eigenvalue weighted by atomic mass is 10.2. The van der Waals surface area contributed by atoms with Crippen LogP contribution in [-0.4, -0.2) is 25.0 Å². The van der Waals surface area contributed by atoms with Crippen LogP contribution in [0.5, 0.6) is 0 Å². The van der Waals surface area contributed by atoms with Gasteiger partial charge in [0, 0.05) is 24.3 Å². The van der Waals surface area contributed by atoms with Crippen molar-refractivity contribution in [2.75, 3.05) is 5.32 Å². The second-order valence-corrected chi connectivity index (χ2v) is 7.11. The first-order valence-electron chi connectivity index (χ1n) is 9.68. The van der Waals surface area contributed by atoms with E-state index in [1.54, 1.807) is 12.1 Å². The molecule has 168 valence electrons. The largest absolute Gasteiger partial charge is 0.416 e. The van der Waals surface area contributed by atoms with E-state index < -0.39 is 35.4 Å². The van der Waals surface area contributed by atoms with E-state index in [0.29, 0.717) is 5.56 Å². The molecule has 4 aromatic rings. The number of hydrogen-bond acceptors (Lipinski definition) is 5. The Morgan fingerprint density at radius 1 is 0.939 bits per heavy atom. The van der Waals surface area contributed by atoms with Crippen LogP contribution in [0.25, 0.3) is 11.0 Å². The van der Waals surface area contributed by atoms with Gasteiger partial charge in [-0.2, -0.15) is 13.2 Å². The van der Waals surface area contributed by atoms with Gasteiger partial charge in [0.1, 0.15) is 6.54 Å². The molecule has 0 unspecified atom stereocenters. The molecular weight excluding hydrogens is 439 g/mol. The van der Waals surface area contributed by atoms with Gasteiger partial charge in [-0.05, 0) is 54.1 Å². The summed E-state index contributed by atoms with van der Waals surface area (Å²) in [5.41, 5.74) is -1.22. The molecule has 1 amide bonds. The summed E-state index contributed by atoms with van der Waals surface area (Å²) >= 11 is 0. The van der Waals surface area contributed by atoms with E-state index in [-0.39, 0.29) is 23.3 Å². The number of alkyl halides is 3. The van der Waals surface area contributed by atoms with E-state index in [1.807, 2.05) is 0 Å². The molecule has 0 saturated heterocycles. The third-order valence-electron chi connectivity index (χ3n) is 4.87. The molecule has 4 rings (SSSR count). The molecule has 8 nitrogen and oxygen atoms in total. The molecule has 11 heteroatoms. The lowest BCUT2D eigenvalue weighted by Gasteiger charge is -2.14. The van der Waals surface area contributed by atoms with Gasteiger partial charge in [-0.15, -0.1) is 0 Å². The summed E-state index contributed by atoms with van der Waals surface area (Å²) in [6.07, 6.45) is -0.0483. The summed E-state index contributed by atoms with van der Waals surface area (Å²) in [5.74, 6) is -0.656. The summed E-state index contributed by atoms with van der Waals surface area (Å²) in [5, 5.41) is 2.46. The average Bonchev–Trinajstić information content (AvgIpc) is 2.80. The zero-order valence-electron chi connectivity index (χ0n) is 16.9. The zero-order chi connectivity index (χ0) is 23.6. The van der Waals surface area contributed by atoms with E-state index >= 15 is 0 Å². The Morgan fingerprint density at radius 3 is 2.30 bits per heavy atom. The summed E-state index contributed by atoms with van der Waals surface area (Å²) in [7, 11) is 0. The van der Waals surface area contributed by atoms with Crippen LogP contribution in [0.3, 0.4) is 0 Å². The van der Waals surface area contributed by atoms with Crippen LogP contribution in [0.15, 0.2) is 76.7 Å². The number of rotatable bonds is 5. The van der Waals surface area contributed by atoms with Gasteiger partial charge in [-0.1, -0.05) is 0 Å². The maximum Gasteiger partial charge on any atom is 0.416 e. The number of nitrogens with one attached hydrogen (secondary N) is 1. The molecule has 0 aliphatic rings. The highest BCUT2D eigenvalue weighted by molar-refractivity contribution is 5.91. The van der Waals surface area contributed by atoms with E-state index in [9.17, 15) is 27.6 Å². The van der Waals surface area contributed by atoms with E-state index in [4.69, 9.17) is 0 Å². The highest BCUT2D eigenvalue weighted by atomic mass is 19.4. The minimum Gasteiger partial charge on any atom is -0.325 e. The molecular formula is C22H16F3N5O3. The van der Waals surface area contributed by atoms with E-state index in [0.717, 1.165) is 33.4 Å². The number of amides is 1. The van der Waals surface area contributed by atoms with Gasteiger partial charge in [0.05, 0.1) is 17.6 Å². The highest BCUT2D eigenvalue weighted by Gasteiger charge is 2.30. The van der Waals surface area contributed by atoms with E-state index in [2.05, 4.69) is 15.3 Å². The fraction of sp³-hybridized carbons (Fsp3) is 0.136. The molecule has 33 heavy (non-hydrogen) atoms. The van der Waals surface area contributed by atoms with Gasteiger partial charge in [0.2, 0.25) is 5.91 Å². The van der Waals surface area contributed by atoms with Crippen LogP contribution in [0.1, 0.15) is 11.1 Å². The molecule has 1 N–H and O–H groups in total. The normalized spacial score (nSPS) is 11.5. The molecule has 0 saturated carbocycles. The Labute approximate surface area is 184 Å². The number of hydrogen-bond donors (Lipinski definition) is 1. The molecule has 3 aromatic heterocycles. The third-order valence-corrected chi connectivity index (χ3v) is 4.87. The minimum absolute atomic E-state index is 0.00786. The van der Waals surface area contributed by atoms with Crippen molar-refractivity contribution in [3.05, 3.63) is 99.1 Å². The number of fused-ring (bicyclic) bond motifs is 1. The Kier molecular flexibility index (Phi) is 5.78. The van der Waals surface area contributed by atoms with Gasteiger partial charge in [-0.25, -0.2) is 9.78 Å². The Morgan fingerprint density at radius 2 is 1.64 bits per heavy atom. The summed E-state index contributed by atoms with van der Waals surface area (Å²) < 4.78 is 40.2. The molecule has 0 spiro atoms. The molecule has 1 aromatic carbocycles. The molecule has 0 atom stereocenters. The number of carbonyl (C=O) groups excluding carboxylic acids is 1. The van der Waals surface area contributed by atoms with Crippen LogP contribution < -0.4 is 16.6 Å². The number of halogens is 3. The smallest absolute Gasteiger partial charge is 0.325 e. The first kappa shape index (κ1) is 21.9. The van der Waals surface area contributed by atoms with Crippen molar-refractivity contribution >= 4 is 22.6 Å². The van der Waals surface area contributed by atoms with Gasteiger partial charge < -0.3 is 5.32 Å². The number of carbonyl (C=O) groups is 1. The van der Waals surface area contributed by atoms with Gasteiger partial charge in [0.15, 0.2) is 5.52 Å². The highest BCUT2D eigenvalue weighted by Crippen LogP contribution is 2.29. The first-order chi connectivity index (χ1) is 15.7. The Hall–Kier alpha value is -4.28. The van der Waals surface area contributed by atoms with Gasteiger partial charge in [-0.3, -0.25) is 23.7 Å². The SMILES string of the molecule is O=C(Cn1c(=O)n(Cc2ccncc2)c(=O)c2ncccc21)Nc1ccc(C(F)(F)F)cc1. The molecule has 0 aliphatic carbocycles. The number of aromatic nitrogens is 4. The fourth-order valence-electron chi connectivity index (χ4n) is 3.29. The topological polar surface area (TPSA) is 98.9 Å². The fourth-order valence-corrected chi connectivity index (χ4v) is 3.29. The van der Waals surface area contributed by atoms with Crippen molar-refractivity contribution in [2.45, 2.75) is 19.3 Å². The van der Waals surface area contributed by atoms with Crippen molar-refractivity contribution in [2.24, 2.45) is 0 Å². The lowest BCUT2D eigenvalue weighted by Crippen LogP contribution is -2.42. The van der Waals surface area contributed by atoms with Gasteiger partial charge in [0.25, 0.3) is 5.56 Å². The average molecular weight is 455 g/mol. The van der Waals surface area contributed by atoms with Crippen LogP contribution in [-0.2, 0) is 24.1 Å². The first-order valence-corrected chi connectivity index (χ1v) is 9.68. The van der Waals surface area contributed by atoms with Crippen molar-refractivity contribution in [1.82, 2.24) is 19.1 Å². The van der Waals surface area contributed by atoms with Crippen LogP contribution in [0.4, 0.5) is 18.9 Å². The third kappa shape index (κ3) is 4.66. The quantitative estimate of drug-likeness (QED) is 0.499. The summed E-state index contributed by atoms with van der Waals surface area (Å²) in [6.45, 7) is -0.522. The van der Waals surface area contributed by atoms with Crippen molar-refractivity contribution < 1.29 is 18.0 Å². The predicted octanol–water partition coefficient (Wildman–Crippen LogP) is 2.66. The number of nitrogens with zero attached hydrogens (tertiary/aromatic N) is 4. The molecule has 0 aliphatic heterocycles. The Balaban J connectivity index is 1.67. The standard InChI is InChI=1S/C22H16F3N5O3/c23-22(24,25)15-3-5-16(6-4-15)28-18(31)13-29-17-2-1-9-27-19(17)20(32)30(21(29)33)12-14-7-10-26-11-8-14/h1-11H,12-13H2,(H,28,31). The second-order valence-electron chi connectivity index (χ2n) is 7.11. The Bertz CT molecular complexity index is 1430. The summed E-state index contributed by atoms with van der Waals surface area (Å²) in [6, 6.07) is 10.2. The number of anilines is 1. The van der Waals surface area contributed by atoms with E-state index in [1.165, 1.54) is 30.7 Å². The monoisotopic (exact) mass is 455 g/mol. The minimum atomic E-state index is -4.50. The zero-order valence-corrected chi connectivity index (χ0v) is 16.9. The van der Waals surface area contributed by atoms with Crippen molar-refractivity contribution in [3.63, 3.8) is 0 Å². The predicted molar refractivity (Wildman–Crippen MR) is 114 cm³/mol. The van der Waals surface area contributed by atoms with Crippen molar-refractivity contribution in [1.29, 1.82) is 0 Å². The summed E-state index contributed by atoms with van der Waals surface area (Å²) in [4.78, 5) is 46.6. The number of benzene rings is 1. The van der Waals surface area contributed by atoms with Crippen molar-refractivity contribution in [3.8, 4) is 0 Å². The molecule has 0 bridgehead atoms. The molecule has 0 fully saturated rings. The van der Waals surface area contributed by atoms with Crippen LogP contribution >= 0.6 is 0 Å². The maximum absolute atomic E-state index is 13.1.